The number of nitrogens with zero attached hydrogens (tertiary/aromatic N) is 4. The van der Waals surface area contributed by atoms with E-state index >= 15 is 0 Å². The van der Waals surface area contributed by atoms with Gasteiger partial charge in [-0.3, -0.25) is 4.79 Å². The number of aromatic nitrogens is 4. The second-order valence-corrected chi connectivity index (χ2v) is 4.43. The molecule has 0 aliphatic heterocycles. The van der Waals surface area contributed by atoms with Gasteiger partial charge in [0.05, 0.1) is 11.8 Å². The van der Waals surface area contributed by atoms with Crippen molar-refractivity contribution >= 4 is 11.7 Å². The smallest absolute Gasteiger partial charge is 0.251 e. The molecule has 0 bridgehead atoms. The van der Waals surface area contributed by atoms with Crippen molar-refractivity contribution in [3.63, 3.8) is 0 Å². The monoisotopic (exact) mass is 290 g/mol. The van der Waals surface area contributed by atoms with Gasteiger partial charge in [0.1, 0.15) is 12.4 Å². The zero-order valence-corrected chi connectivity index (χ0v) is 12.0. The van der Waals surface area contributed by atoms with Crippen molar-refractivity contribution < 1.29 is 9.53 Å². The van der Waals surface area contributed by atoms with E-state index < -0.39 is 5.91 Å². The summed E-state index contributed by atoms with van der Waals surface area (Å²) in [5.41, 5.74) is 5.55. The molecule has 21 heavy (non-hydrogen) atoms. The third kappa shape index (κ3) is 3.76. The third-order valence-electron chi connectivity index (χ3n) is 2.69. The summed E-state index contributed by atoms with van der Waals surface area (Å²) in [6.45, 7) is 3.16. The molecule has 8 heteroatoms. The molecule has 0 aromatic carbocycles. The maximum atomic E-state index is 11.1. The number of hydrogen-bond donors (Lipinski definition) is 2. The van der Waals surface area contributed by atoms with E-state index in [4.69, 9.17) is 10.5 Å². The molecule has 0 spiro atoms. The summed E-state index contributed by atoms with van der Waals surface area (Å²) < 4.78 is 6.55. The van der Waals surface area contributed by atoms with Crippen LogP contribution >= 0.6 is 0 Å². The van der Waals surface area contributed by atoms with Gasteiger partial charge in [0.15, 0.2) is 11.6 Å². The van der Waals surface area contributed by atoms with Crippen molar-refractivity contribution in [2.24, 2.45) is 5.73 Å². The quantitative estimate of drug-likeness (QED) is 0.778. The molecule has 2 aromatic rings. The number of carbonyl (C=O) groups excluding carboxylic acids is 1. The normalized spacial score (nSPS) is 10.6. The average molecular weight is 290 g/mol. The lowest BCUT2D eigenvalue weighted by molar-refractivity contribution is 0.100. The minimum atomic E-state index is -0.531. The predicted molar refractivity (Wildman–Crippen MR) is 77.2 cm³/mol. The Morgan fingerprint density at radius 2 is 2.29 bits per heavy atom. The van der Waals surface area contributed by atoms with Gasteiger partial charge in [-0.2, -0.15) is 5.10 Å². The SMILES string of the molecule is CCCNc1cc(-n2cc(C(N)=O)cn2)nc(COC)n1. The van der Waals surface area contributed by atoms with Gasteiger partial charge in [-0.1, -0.05) is 6.92 Å². The van der Waals surface area contributed by atoms with Crippen LogP contribution in [-0.2, 0) is 11.3 Å². The lowest BCUT2D eigenvalue weighted by Gasteiger charge is -2.09. The molecule has 2 heterocycles. The highest BCUT2D eigenvalue weighted by atomic mass is 16.5. The molecule has 112 valence electrons. The van der Waals surface area contributed by atoms with Gasteiger partial charge in [0.25, 0.3) is 5.91 Å². The molecule has 0 saturated carbocycles. The summed E-state index contributed by atoms with van der Waals surface area (Å²) in [4.78, 5) is 19.8. The third-order valence-corrected chi connectivity index (χ3v) is 2.69. The molecular formula is C13H18N6O2. The van der Waals surface area contributed by atoms with E-state index in [0.717, 1.165) is 13.0 Å². The molecule has 0 saturated heterocycles. The zero-order valence-electron chi connectivity index (χ0n) is 12.0. The Labute approximate surface area is 122 Å². The molecular weight excluding hydrogens is 272 g/mol. The van der Waals surface area contributed by atoms with Gasteiger partial charge in [0, 0.05) is 25.9 Å². The van der Waals surface area contributed by atoms with Gasteiger partial charge in [-0.15, -0.1) is 0 Å². The van der Waals surface area contributed by atoms with Crippen molar-refractivity contribution in [2.75, 3.05) is 19.0 Å². The van der Waals surface area contributed by atoms with E-state index in [0.29, 0.717) is 29.6 Å². The van der Waals surface area contributed by atoms with Crippen LogP contribution in [0.4, 0.5) is 5.82 Å². The first-order chi connectivity index (χ1) is 10.1. The highest BCUT2D eigenvalue weighted by Crippen LogP contribution is 2.12. The van der Waals surface area contributed by atoms with Crippen LogP contribution < -0.4 is 11.1 Å². The van der Waals surface area contributed by atoms with E-state index in [9.17, 15) is 4.79 Å². The number of amides is 1. The number of primary amides is 1. The lowest BCUT2D eigenvalue weighted by Crippen LogP contribution is -2.10. The van der Waals surface area contributed by atoms with Crippen molar-refractivity contribution in [3.8, 4) is 5.82 Å². The molecule has 0 aliphatic carbocycles. The van der Waals surface area contributed by atoms with E-state index in [1.807, 2.05) is 0 Å². The maximum absolute atomic E-state index is 11.1. The van der Waals surface area contributed by atoms with Crippen molar-refractivity contribution in [3.05, 3.63) is 29.8 Å². The first kappa shape index (κ1) is 14.9. The topological polar surface area (TPSA) is 108 Å². The predicted octanol–water partition coefficient (Wildman–Crippen LogP) is 0.729. The van der Waals surface area contributed by atoms with Crippen LogP contribution in [0.25, 0.3) is 5.82 Å². The Morgan fingerprint density at radius 3 is 2.90 bits per heavy atom. The van der Waals surface area contributed by atoms with Crippen LogP contribution in [0.15, 0.2) is 18.5 Å². The van der Waals surface area contributed by atoms with Crippen molar-refractivity contribution in [1.82, 2.24) is 19.7 Å². The molecule has 0 fully saturated rings. The molecule has 0 atom stereocenters. The first-order valence-electron chi connectivity index (χ1n) is 6.59. The summed E-state index contributed by atoms with van der Waals surface area (Å²) in [6, 6.07) is 1.76. The number of hydrogen-bond acceptors (Lipinski definition) is 6. The van der Waals surface area contributed by atoms with Gasteiger partial charge in [-0.05, 0) is 6.42 Å². The fourth-order valence-corrected chi connectivity index (χ4v) is 1.71. The van der Waals surface area contributed by atoms with Crippen LogP contribution in [0, 0.1) is 0 Å². The number of ether oxygens (including phenoxy) is 1. The second-order valence-electron chi connectivity index (χ2n) is 4.43. The number of rotatable bonds is 7. The van der Waals surface area contributed by atoms with Gasteiger partial charge in [-0.25, -0.2) is 14.6 Å². The Morgan fingerprint density at radius 1 is 1.48 bits per heavy atom. The summed E-state index contributed by atoms with van der Waals surface area (Å²) in [7, 11) is 1.58. The van der Waals surface area contributed by atoms with E-state index in [1.165, 1.54) is 17.1 Å². The number of nitrogens with one attached hydrogen (secondary N) is 1. The fraction of sp³-hybridized carbons (Fsp3) is 0.385. The molecule has 2 aromatic heterocycles. The van der Waals surface area contributed by atoms with Crippen LogP contribution in [-0.4, -0.2) is 39.3 Å². The highest BCUT2D eigenvalue weighted by Gasteiger charge is 2.10. The van der Waals surface area contributed by atoms with Crippen molar-refractivity contribution in [1.29, 1.82) is 0 Å². The van der Waals surface area contributed by atoms with Gasteiger partial charge in [0.2, 0.25) is 0 Å². The summed E-state index contributed by atoms with van der Waals surface area (Å²) >= 11 is 0. The minimum Gasteiger partial charge on any atom is -0.377 e. The van der Waals surface area contributed by atoms with E-state index in [1.54, 1.807) is 13.2 Å². The molecule has 0 unspecified atom stereocenters. The Hall–Kier alpha value is -2.48. The minimum absolute atomic E-state index is 0.290. The highest BCUT2D eigenvalue weighted by molar-refractivity contribution is 5.92. The molecule has 0 aliphatic rings. The molecule has 8 nitrogen and oxygen atoms in total. The molecule has 0 radical (unpaired) electrons. The summed E-state index contributed by atoms with van der Waals surface area (Å²) in [5.74, 6) is 1.23. The standard InChI is InChI=1S/C13H18N6O2/c1-3-4-15-10-5-12(18-11(17-10)8-21-2)19-7-9(6-16-19)13(14)20/h5-7H,3-4,8H2,1-2H3,(H2,14,20)(H,15,17,18). The molecule has 3 N–H and O–H groups in total. The average Bonchev–Trinajstić information content (AvgIpc) is 2.95. The first-order valence-corrected chi connectivity index (χ1v) is 6.59. The number of carbonyl (C=O) groups is 1. The number of nitrogens with two attached hydrogens (primary N) is 1. The maximum Gasteiger partial charge on any atom is 0.251 e. The Kier molecular flexibility index (Phi) is 4.83. The largest absolute Gasteiger partial charge is 0.377 e. The van der Waals surface area contributed by atoms with Crippen LogP contribution in [0.3, 0.4) is 0 Å². The van der Waals surface area contributed by atoms with Crippen LogP contribution in [0.1, 0.15) is 29.5 Å². The zero-order chi connectivity index (χ0) is 15.2. The number of methoxy groups -OCH3 is 1. The fourth-order valence-electron chi connectivity index (χ4n) is 1.71. The van der Waals surface area contributed by atoms with Gasteiger partial charge >= 0.3 is 0 Å². The van der Waals surface area contributed by atoms with Crippen LogP contribution in [0.5, 0.6) is 0 Å². The number of anilines is 1. The Bertz CT molecular complexity index is 625. The summed E-state index contributed by atoms with van der Waals surface area (Å²) in [5, 5.41) is 7.28. The van der Waals surface area contributed by atoms with Gasteiger partial charge < -0.3 is 15.8 Å². The second kappa shape index (κ2) is 6.80. The van der Waals surface area contributed by atoms with E-state index in [-0.39, 0.29) is 0 Å². The molecule has 2 rings (SSSR count). The lowest BCUT2D eigenvalue weighted by atomic mass is 10.3. The molecule has 1 amide bonds. The summed E-state index contributed by atoms with van der Waals surface area (Å²) in [6.07, 6.45) is 3.91. The van der Waals surface area contributed by atoms with E-state index in [2.05, 4.69) is 27.3 Å². The van der Waals surface area contributed by atoms with Crippen LogP contribution in [0.2, 0.25) is 0 Å². The Balaban J connectivity index is 2.35. The van der Waals surface area contributed by atoms with Crippen molar-refractivity contribution in [2.45, 2.75) is 20.0 Å².